The van der Waals surface area contributed by atoms with Gasteiger partial charge in [-0.25, -0.2) is 4.79 Å². The second-order valence-electron chi connectivity index (χ2n) is 14.4. The van der Waals surface area contributed by atoms with Gasteiger partial charge in [0.25, 0.3) is 0 Å². The molecule has 0 aliphatic rings. The second kappa shape index (κ2) is 19.3. The maximum atomic E-state index is 14.9. The van der Waals surface area contributed by atoms with Gasteiger partial charge >= 0.3 is 53.6 Å². The van der Waals surface area contributed by atoms with Gasteiger partial charge in [-0.15, -0.1) is 0 Å². The molecule has 0 aliphatic carbocycles. The van der Waals surface area contributed by atoms with Crippen molar-refractivity contribution in [3.63, 3.8) is 0 Å². The number of rotatable bonds is 23. The molecule has 0 heterocycles. The van der Waals surface area contributed by atoms with Crippen molar-refractivity contribution in [2.75, 3.05) is 19.8 Å². The quantitative estimate of drug-likeness (QED) is 0.0296. The Morgan fingerprint density at radius 2 is 1.17 bits per heavy atom. The largest absolute Gasteiger partial charge is 0.491 e. The summed E-state index contributed by atoms with van der Waals surface area (Å²) in [4.78, 5) is 11.5. The van der Waals surface area contributed by atoms with Crippen LogP contribution in [0.4, 0.5) is 74.6 Å². The number of esters is 1. The third kappa shape index (κ3) is 11.1. The van der Waals surface area contributed by atoms with Gasteiger partial charge in [0.1, 0.15) is 12.4 Å². The van der Waals surface area contributed by atoms with Crippen LogP contribution in [0, 0.1) is 5.92 Å². The molecule has 0 saturated carbocycles. The zero-order chi connectivity index (χ0) is 46.4. The van der Waals surface area contributed by atoms with E-state index in [9.17, 15) is 84.5 Å². The minimum absolute atomic E-state index is 0.183. The highest BCUT2D eigenvalue weighted by Gasteiger charge is 2.95. The minimum atomic E-state index is -8.68. The first-order chi connectivity index (χ1) is 26.5. The maximum Gasteiger partial charge on any atom is 0.460 e. The average molecular weight is 909 g/mol. The number of benzene rings is 1. The number of halogens is 17. The molecule has 23 heteroatoms. The Balaban J connectivity index is 3.14. The molecule has 0 aliphatic heterocycles. The number of alkyl halides is 17. The van der Waals surface area contributed by atoms with Gasteiger partial charge in [-0.3, -0.25) is 0 Å². The van der Waals surface area contributed by atoms with Crippen LogP contribution in [0.3, 0.4) is 0 Å². The highest BCUT2D eigenvalue weighted by atomic mass is 28.4. The normalized spacial score (nSPS) is 15.9. The first-order valence-corrected chi connectivity index (χ1v) is 20.0. The lowest BCUT2D eigenvalue weighted by atomic mass is 9.88. The third-order valence-electron chi connectivity index (χ3n) is 9.58. The van der Waals surface area contributed by atoms with E-state index in [4.69, 9.17) is 13.9 Å². The molecular formula is C36H45F17O5Si. The van der Waals surface area contributed by atoms with Crippen LogP contribution in [0.2, 0.25) is 17.1 Å². The summed E-state index contributed by atoms with van der Waals surface area (Å²) in [6.07, 6.45) is -6.19. The van der Waals surface area contributed by atoms with Crippen LogP contribution >= 0.6 is 0 Å². The molecule has 0 bridgehead atoms. The fourth-order valence-electron chi connectivity index (χ4n) is 5.85. The summed E-state index contributed by atoms with van der Waals surface area (Å²) in [6, 6.07) is 4.59. The van der Waals surface area contributed by atoms with E-state index in [1.165, 1.54) is 58.0 Å². The molecule has 1 aromatic carbocycles. The van der Waals surface area contributed by atoms with Gasteiger partial charge in [-0.05, 0) is 66.6 Å². The van der Waals surface area contributed by atoms with E-state index in [2.05, 4.69) is 0 Å². The Morgan fingerprint density at radius 1 is 0.712 bits per heavy atom. The molecule has 59 heavy (non-hydrogen) atoms. The van der Waals surface area contributed by atoms with Gasteiger partial charge in [0, 0.05) is 12.5 Å². The first-order valence-electron chi connectivity index (χ1n) is 17.7. The lowest BCUT2D eigenvalue weighted by molar-refractivity contribution is -0.461. The molecule has 342 valence electrons. The van der Waals surface area contributed by atoms with Gasteiger partial charge in [0.15, 0.2) is 8.32 Å². The molecule has 1 rings (SSSR count). The van der Waals surface area contributed by atoms with Gasteiger partial charge in [-0.1, -0.05) is 58.9 Å². The Labute approximate surface area is 330 Å². The van der Waals surface area contributed by atoms with Crippen molar-refractivity contribution in [2.45, 2.75) is 132 Å². The summed E-state index contributed by atoms with van der Waals surface area (Å²) in [5, 5.41) is 10.7. The molecule has 1 aromatic rings. The first kappa shape index (κ1) is 53.9. The third-order valence-corrected chi connectivity index (χ3v) is 15.3. The van der Waals surface area contributed by atoms with E-state index in [1.807, 2.05) is 0 Å². The average Bonchev–Trinajstić information content (AvgIpc) is 3.09. The molecule has 2 atom stereocenters. The molecule has 0 aromatic heterocycles. The number of carbonyl (C=O) groups excluding carboxylic acids is 1. The molecule has 0 spiro atoms. The van der Waals surface area contributed by atoms with E-state index < -0.39 is 98.2 Å². The van der Waals surface area contributed by atoms with E-state index in [-0.39, 0.29) is 24.9 Å². The predicted octanol–water partition coefficient (Wildman–Crippen LogP) is 12.4. The molecule has 0 saturated heterocycles. The summed E-state index contributed by atoms with van der Waals surface area (Å²) in [5.74, 6) is -57.3. The van der Waals surface area contributed by atoms with E-state index >= 15 is 0 Å². The van der Waals surface area contributed by atoms with Crippen molar-refractivity contribution < 1.29 is 98.4 Å². The summed E-state index contributed by atoms with van der Waals surface area (Å²) in [5.41, 5.74) is -0.613. The van der Waals surface area contributed by atoms with Crippen LogP contribution in [-0.2, 0) is 14.0 Å². The van der Waals surface area contributed by atoms with Crippen LogP contribution < -0.4 is 4.74 Å². The van der Waals surface area contributed by atoms with Gasteiger partial charge in [-0.2, -0.15) is 74.6 Å². The summed E-state index contributed by atoms with van der Waals surface area (Å²) in [6.45, 7) is 9.79. The van der Waals surface area contributed by atoms with Crippen LogP contribution in [0.15, 0.2) is 48.1 Å². The molecule has 0 fully saturated rings. The smallest absolute Gasteiger partial charge is 0.460 e. The zero-order valence-corrected chi connectivity index (χ0v) is 33.6. The number of aliphatic hydroxyl groups excluding tert-OH is 1. The van der Waals surface area contributed by atoms with E-state index in [0.717, 1.165) is 0 Å². The molecule has 1 N–H and O–H groups in total. The van der Waals surface area contributed by atoms with Crippen LogP contribution in [-0.4, -0.2) is 86.8 Å². The van der Waals surface area contributed by atoms with E-state index in [0.29, 0.717) is 17.6 Å². The molecule has 0 unspecified atom stereocenters. The standard InChI is InChI=1S/C36H45F17O5Si/c1-8-56-27(54)20-23(6)10-9-11-24(7)28(55)25-12-14-26(15-13-25)57-17-18-58-59(21(2)3,22(4)5)19-16-29(37,38)30(39,40)31(41,42)32(43,44)33(45,46)34(47,48)35(49,50)36(51,52)53/h9-10,12-15,20-22,24,28,55H,8,11,16-19H2,1-7H3/b10-9+,23-20+/t24-,28+/m0/s1. The highest BCUT2D eigenvalue weighted by Crippen LogP contribution is 2.64. The van der Waals surface area contributed by atoms with Crippen LogP contribution in [0.5, 0.6) is 5.75 Å². The van der Waals surface area contributed by atoms with Crippen molar-refractivity contribution >= 4 is 14.3 Å². The van der Waals surface area contributed by atoms with Gasteiger partial charge in [0.2, 0.25) is 0 Å². The molecule has 0 radical (unpaired) electrons. The topological polar surface area (TPSA) is 65.0 Å². The number of ether oxygens (including phenoxy) is 2. The maximum absolute atomic E-state index is 14.9. The Hall–Kier alpha value is -3.08. The van der Waals surface area contributed by atoms with Crippen molar-refractivity contribution in [2.24, 2.45) is 5.92 Å². The molecule has 0 amide bonds. The number of aliphatic hydroxyl groups is 1. The Kier molecular flexibility index (Phi) is 17.7. The number of hydrogen-bond acceptors (Lipinski definition) is 5. The monoisotopic (exact) mass is 908 g/mol. The van der Waals surface area contributed by atoms with Gasteiger partial charge in [0.05, 0.1) is 19.3 Å². The lowest BCUT2D eigenvalue weighted by Crippen LogP contribution is -2.74. The highest BCUT2D eigenvalue weighted by molar-refractivity contribution is 6.76. The number of allylic oxidation sites excluding steroid dienone is 3. The summed E-state index contributed by atoms with van der Waals surface area (Å²) >= 11 is 0. The molecular weight excluding hydrogens is 863 g/mol. The van der Waals surface area contributed by atoms with Gasteiger partial charge < -0.3 is 19.0 Å². The zero-order valence-electron chi connectivity index (χ0n) is 32.6. The lowest BCUT2D eigenvalue weighted by Gasteiger charge is -2.44. The fourth-order valence-corrected chi connectivity index (χ4v) is 10.3. The van der Waals surface area contributed by atoms with Crippen molar-refractivity contribution in [3.8, 4) is 5.75 Å². The minimum Gasteiger partial charge on any atom is -0.491 e. The summed E-state index contributed by atoms with van der Waals surface area (Å²) in [7, 11) is -3.94. The van der Waals surface area contributed by atoms with Crippen LogP contribution in [0.1, 0.15) is 73.0 Å². The van der Waals surface area contributed by atoms with Crippen molar-refractivity contribution in [1.82, 2.24) is 0 Å². The number of hydrogen-bond donors (Lipinski definition) is 1. The van der Waals surface area contributed by atoms with E-state index in [1.54, 1.807) is 32.9 Å². The second-order valence-corrected chi connectivity index (χ2v) is 19.4. The Morgan fingerprint density at radius 3 is 1.61 bits per heavy atom. The van der Waals surface area contributed by atoms with Crippen LogP contribution in [0.25, 0.3) is 0 Å². The SMILES string of the molecule is CCOC(=O)/C=C(C)/C=C/C[C@H](C)[C@@H](O)c1ccc(OCCO[Si](CCC(F)(F)C(F)(F)C(F)(F)C(F)(F)C(F)(F)C(F)(F)C(F)(F)C(F)(F)F)(C(C)C)C(C)C)cc1. The summed E-state index contributed by atoms with van der Waals surface area (Å²) < 4.78 is 251. The van der Waals surface area contributed by atoms with Crippen molar-refractivity contribution in [1.29, 1.82) is 0 Å². The predicted molar refractivity (Wildman–Crippen MR) is 182 cm³/mol. The van der Waals surface area contributed by atoms with Crippen molar-refractivity contribution in [3.05, 3.63) is 53.6 Å². The fraction of sp³-hybridized carbons (Fsp3) is 0.694. The number of carbonyl (C=O) groups is 1. The Bertz CT molecular complexity index is 1570. The molecule has 5 nitrogen and oxygen atoms in total.